The van der Waals surface area contributed by atoms with Gasteiger partial charge in [0.1, 0.15) is 5.82 Å². The Labute approximate surface area is 147 Å². The molecule has 4 rings (SSSR count). The van der Waals surface area contributed by atoms with E-state index in [-0.39, 0.29) is 0 Å². The van der Waals surface area contributed by atoms with Crippen LogP contribution in [-0.4, -0.2) is 20.6 Å². The number of hydrogen-bond donors (Lipinski definition) is 3. The molecule has 130 valence electrons. The highest BCUT2D eigenvalue weighted by atomic mass is 15.3. The summed E-state index contributed by atoms with van der Waals surface area (Å²) in [5, 5.41) is 8.05. The normalized spacial score (nSPS) is 20.7. The first-order valence-electron chi connectivity index (χ1n) is 8.84. The fraction of sp³-hybridized carbons (Fsp3) is 0.368. The molecule has 1 aromatic carbocycles. The smallest absolute Gasteiger partial charge is 0.177 e. The van der Waals surface area contributed by atoms with E-state index in [0.29, 0.717) is 17.8 Å². The first kappa shape index (κ1) is 15.9. The zero-order valence-corrected chi connectivity index (χ0v) is 14.4. The van der Waals surface area contributed by atoms with Crippen LogP contribution >= 0.6 is 0 Å². The van der Waals surface area contributed by atoms with Crippen molar-refractivity contribution in [3.05, 3.63) is 47.8 Å². The third-order valence-electron chi connectivity index (χ3n) is 5.11. The molecular weight excluding hydrogens is 312 g/mol. The molecule has 0 saturated heterocycles. The number of aromatic nitrogens is 3. The van der Waals surface area contributed by atoms with Gasteiger partial charge in [0.05, 0.1) is 5.69 Å². The van der Waals surface area contributed by atoms with Gasteiger partial charge in [0.15, 0.2) is 5.65 Å². The molecule has 1 saturated carbocycles. The fourth-order valence-corrected chi connectivity index (χ4v) is 3.70. The summed E-state index contributed by atoms with van der Waals surface area (Å²) < 4.78 is 1.74. The molecule has 0 aliphatic heterocycles. The molecule has 6 nitrogen and oxygen atoms in total. The Kier molecular flexibility index (Phi) is 4.05. The van der Waals surface area contributed by atoms with Crippen molar-refractivity contribution in [2.75, 3.05) is 11.1 Å². The minimum absolute atomic E-state index is 0.300. The molecule has 5 N–H and O–H groups in total. The molecule has 0 amide bonds. The Hall–Kier alpha value is -2.60. The maximum atomic E-state index is 6.36. The Bertz CT molecular complexity index is 875. The van der Waals surface area contributed by atoms with Gasteiger partial charge in [0.2, 0.25) is 0 Å². The summed E-state index contributed by atoms with van der Waals surface area (Å²) in [6, 6.07) is 8.64. The van der Waals surface area contributed by atoms with E-state index in [1.165, 1.54) is 5.56 Å². The summed E-state index contributed by atoms with van der Waals surface area (Å²) in [5.41, 5.74) is 17.5. The highest BCUT2D eigenvalue weighted by Gasteiger charge is 2.27. The summed E-state index contributed by atoms with van der Waals surface area (Å²) in [6.07, 6.45) is 7.69. The van der Waals surface area contributed by atoms with Gasteiger partial charge in [-0.15, -0.1) is 5.10 Å². The fourth-order valence-electron chi connectivity index (χ4n) is 3.70. The molecule has 2 heterocycles. The molecule has 0 spiro atoms. The number of nitrogens with one attached hydrogen (secondary N) is 1. The molecule has 1 fully saturated rings. The topological polar surface area (TPSA) is 94.3 Å². The second-order valence-electron chi connectivity index (χ2n) is 6.97. The lowest BCUT2D eigenvalue weighted by atomic mass is 9.81. The van der Waals surface area contributed by atoms with E-state index < -0.39 is 0 Å². The summed E-state index contributed by atoms with van der Waals surface area (Å²) in [7, 11) is 0. The number of nitrogen functional groups attached to an aromatic ring is 1. The van der Waals surface area contributed by atoms with E-state index >= 15 is 0 Å². The van der Waals surface area contributed by atoms with Gasteiger partial charge in [0, 0.05) is 29.7 Å². The highest BCUT2D eigenvalue weighted by molar-refractivity contribution is 5.80. The van der Waals surface area contributed by atoms with Crippen LogP contribution in [0.2, 0.25) is 0 Å². The minimum atomic E-state index is 0.300. The Balaban J connectivity index is 1.80. The molecule has 1 aliphatic carbocycles. The molecule has 0 unspecified atom stereocenters. The predicted octanol–water partition coefficient (Wildman–Crippen LogP) is 3.35. The number of rotatable bonds is 3. The predicted molar refractivity (Wildman–Crippen MR) is 101 cm³/mol. The monoisotopic (exact) mass is 336 g/mol. The second-order valence-corrected chi connectivity index (χ2v) is 6.97. The van der Waals surface area contributed by atoms with Crippen LogP contribution in [0.15, 0.2) is 36.7 Å². The molecule has 0 bridgehead atoms. The van der Waals surface area contributed by atoms with Crippen LogP contribution in [0.5, 0.6) is 0 Å². The van der Waals surface area contributed by atoms with E-state index in [2.05, 4.69) is 46.6 Å². The van der Waals surface area contributed by atoms with Gasteiger partial charge in [-0.1, -0.05) is 17.7 Å². The quantitative estimate of drug-likeness (QED) is 0.682. The number of nitrogens with zero attached hydrogens (tertiary/aromatic N) is 3. The van der Waals surface area contributed by atoms with Gasteiger partial charge in [-0.3, -0.25) is 0 Å². The van der Waals surface area contributed by atoms with Crippen molar-refractivity contribution in [3.63, 3.8) is 0 Å². The summed E-state index contributed by atoms with van der Waals surface area (Å²) in [6.45, 7) is 2.08. The average Bonchev–Trinajstić information content (AvgIpc) is 3.06. The second kappa shape index (κ2) is 6.37. The van der Waals surface area contributed by atoms with Gasteiger partial charge < -0.3 is 16.8 Å². The van der Waals surface area contributed by atoms with E-state index in [4.69, 9.17) is 11.5 Å². The van der Waals surface area contributed by atoms with Gasteiger partial charge >= 0.3 is 0 Å². The van der Waals surface area contributed by atoms with Crippen LogP contribution in [0.25, 0.3) is 5.65 Å². The van der Waals surface area contributed by atoms with Crippen LogP contribution < -0.4 is 16.8 Å². The van der Waals surface area contributed by atoms with E-state index in [9.17, 15) is 0 Å². The number of aryl methyl sites for hydroxylation is 1. The zero-order chi connectivity index (χ0) is 17.4. The number of imidazole rings is 1. The van der Waals surface area contributed by atoms with Crippen molar-refractivity contribution >= 4 is 22.8 Å². The molecule has 6 heteroatoms. The Morgan fingerprint density at radius 2 is 1.84 bits per heavy atom. The van der Waals surface area contributed by atoms with E-state index in [1.54, 1.807) is 10.7 Å². The highest BCUT2D eigenvalue weighted by Crippen LogP contribution is 2.41. The maximum Gasteiger partial charge on any atom is 0.177 e. The lowest BCUT2D eigenvalue weighted by molar-refractivity contribution is 0.396. The van der Waals surface area contributed by atoms with Crippen molar-refractivity contribution < 1.29 is 0 Å². The van der Waals surface area contributed by atoms with Gasteiger partial charge in [0.25, 0.3) is 0 Å². The van der Waals surface area contributed by atoms with E-state index in [0.717, 1.165) is 48.3 Å². The first-order valence-corrected chi connectivity index (χ1v) is 8.84. The molecule has 2 aromatic heterocycles. The summed E-state index contributed by atoms with van der Waals surface area (Å²) in [5.74, 6) is 0.933. The van der Waals surface area contributed by atoms with Crippen molar-refractivity contribution in [2.45, 2.75) is 44.6 Å². The van der Waals surface area contributed by atoms with Crippen LogP contribution in [0.1, 0.15) is 42.7 Å². The number of fused-ring (bicyclic) bond motifs is 1. The molecule has 3 aromatic rings. The van der Waals surface area contributed by atoms with Gasteiger partial charge in [-0.05, 0) is 50.7 Å². The third-order valence-corrected chi connectivity index (χ3v) is 5.11. The Morgan fingerprint density at radius 3 is 2.56 bits per heavy atom. The van der Waals surface area contributed by atoms with Gasteiger partial charge in [-0.25, -0.2) is 9.50 Å². The van der Waals surface area contributed by atoms with Crippen LogP contribution in [0.4, 0.5) is 17.2 Å². The molecule has 25 heavy (non-hydrogen) atoms. The van der Waals surface area contributed by atoms with Crippen LogP contribution in [0.3, 0.4) is 0 Å². The molecular formula is C19H24N6. The Morgan fingerprint density at radius 1 is 1.12 bits per heavy atom. The standard InChI is InChI=1S/C19H24N6/c1-12-2-8-15(9-3-12)23-17-16(13-4-6-14(20)7-5-13)18(21)24-25-11-10-22-19(17)25/h2-3,8-11,13-14,23H,4-7,20H2,1H3,(H2,21,24). The number of hydrogen-bond acceptors (Lipinski definition) is 5. The zero-order valence-electron chi connectivity index (χ0n) is 14.4. The van der Waals surface area contributed by atoms with Crippen molar-refractivity contribution in [1.29, 1.82) is 0 Å². The van der Waals surface area contributed by atoms with Crippen LogP contribution in [0, 0.1) is 6.92 Å². The van der Waals surface area contributed by atoms with Crippen molar-refractivity contribution in [2.24, 2.45) is 5.73 Å². The number of anilines is 3. The van der Waals surface area contributed by atoms with Crippen molar-refractivity contribution in [3.8, 4) is 0 Å². The minimum Gasteiger partial charge on any atom is -0.382 e. The third kappa shape index (κ3) is 3.05. The first-order chi connectivity index (χ1) is 12.1. The van der Waals surface area contributed by atoms with Crippen molar-refractivity contribution in [1.82, 2.24) is 14.6 Å². The lowest BCUT2D eigenvalue weighted by Gasteiger charge is -2.28. The van der Waals surface area contributed by atoms with Crippen LogP contribution in [-0.2, 0) is 0 Å². The molecule has 0 radical (unpaired) electrons. The molecule has 1 aliphatic rings. The number of benzene rings is 1. The summed E-state index contributed by atoms with van der Waals surface area (Å²) in [4.78, 5) is 4.50. The van der Waals surface area contributed by atoms with Gasteiger partial charge in [-0.2, -0.15) is 0 Å². The number of nitrogens with two attached hydrogens (primary N) is 2. The van der Waals surface area contributed by atoms with E-state index in [1.807, 2.05) is 6.20 Å². The average molecular weight is 336 g/mol. The maximum absolute atomic E-state index is 6.36. The molecule has 0 atom stereocenters. The largest absolute Gasteiger partial charge is 0.382 e. The summed E-state index contributed by atoms with van der Waals surface area (Å²) >= 11 is 0. The SMILES string of the molecule is Cc1ccc(Nc2c(C3CCC(N)CC3)c(N)nn3ccnc23)cc1. The lowest BCUT2D eigenvalue weighted by Crippen LogP contribution is -2.26.